The molecule has 7 nitrogen and oxygen atoms in total. The van der Waals surface area contributed by atoms with Gasteiger partial charge in [-0.15, -0.1) is 0 Å². The van der Waals surface area contributed by atoms with Gasteiger partial charge in [-0.3, -0.25) is 13.9 Å². The number of nitrogens with one attached hydrogen (secondary N) is 1. The van der Waals surface area contributed by atoms with Gasteiger partial charge in [-0.1, -0.05) is 75.2 Å². The average Bonchev–Trinajstić information content (AvgIpc) is 2.83. The standard InChI is InChI=1S/C27H37Cl2N3O4S/c1-7-19(5)30-27(34)24(8-2)31(16-21-22(28)13-11-14-23(21)29)26(33)17-32(37(6,35)36)25-15-10-9-12-20(25)18(3)4/h9-15,18-19,24H,7-8,16-17H2,1-6H3,(H,30,34)/t19-,24-/m0/s1. The number of hydrogen-bond donors (Lipinski definition) is 1. The first kappa shape index (κ1) is 30.9. The largest absolute Gasteiger partial charge is 0.352 e. The fourth-order valence-corrected chi connectivity index (χ4v) is 5.40. The molecule has 0 aliphatic rings. The lowest BCUT2D eigenvalue weighted by molar-refractivity contribution is -0.140. The number of sulfonamides is 1. The van der Waals surface area contributed by atoms with Crippen molar-refractivity contribution in [2.45, 2.75) is 72.0 Å². The van der Waals surface area contributed by atoms with Gasteiger partial charge in [0.2, 0.25) is 21.8 Å². The van der Waals surface area contributed by atoms with Crippen LogP contribution in [0.15, 0.2) is 42.5 Å². The molecule has 0 bridgehead atoms. The highest BCUT2D eigenvalue weighted by Gasteiger charge is 2.33. The van der Waals surface area contributed by atoms with Crippen LogP contribution in [0.4, 0.5) is 5.69 Å². The van der Waals surface area contributed by atoms with E-state index in [1.807, 2.05) is 39.8 Å². The molecular formula is C27H37Cl2N3O4S. The van der Waals surface area contributed by atoms with Crippen molar-refractivity contribution >= 4 is 50.7 Å². The number of halogens is 2. The van der Waals surface area contributed by atoms with Crippen LogP contribution in [0, 0.1) is 0 Å². The van der Waals surface area contributed by atoms with Gasteiger partial charge in [0.1, 0.15) is 12.6 Å². The Morgan fingerprint density at radius 1 is 0.946 bits per heavy atom. The minimum Gasteiger partial charge on any atom is -0.352 e. The van der Waals surface area contributed by atoms with E-state index >= 15 is 0 Å². The predicted octanol–water partition coefficient (Wildman–Crippen LogP) is 5.60. The Balaban J connectivity index is 2.57. The number of anilines is 1. The van der Waals surface area contributed by atoms with E-state index in [0.717, 1.165) is 22.5 Å². The zero-order valence-electron chi connectivity index (χ0n) is 22.3. The Bertz CT molecular complexity index is 1180. The van der Waals surface area contributed by atoms with Gasteiger partial charge < -0.3 is 10.2 Å². The molecule has 0 aromatic heterocycles. The zero-order valence-corrected chi connectivity index (χ0v) is 24.6. The normalized spacial score (nSPS) is 13.2. The SMILES string of the molecule is CC[C@H](C)NC(=O)[C@H](CC)N(Cc1c(Cl)cccc1Cl)C(=O)CN(c1ccccc1C(C)C)S(C)(=O)=O. The van der Waals surface area contributed by atoms with Crippen molar-refractivity contribution in [3.05, 3.63) is 63.6 Å². The van der Waals surface area contributed by atoms with Crippen LogP contribution in [0.5, 0.6) is 0 Å². The fourth-order valence-electron chi connectivity index (χ4n) is 4.01. The molecule has 204 valence electrons. The lowest BCUT2D eigenvalue weighted by Gasteiger charge is -2.34. The summed E-state index contributed by atoms with van der Waals surface area (Å²) in [5, 5.41) is 3.65. The van der Waals surface area contributed by atoms with Gasteiger partial charge in [0, 0.05) is 28.2 Å². The summed E-state index contributed by atoms with van der Waals surface area (Å²) in [5.74, 6) is -0.828. The number of carbonyl (C=O) groups excluding carboxylic acids is 2. The van der Waals surface area contributed by atoms with Crippen LogP contribution in [0.3, 0.4) is 0 Å². The first-order chi connectivity index (χ1) is 17.3. The van der Waals surface area contributed by atoms with Gasteiger partial charge in [-0.2, -0.15) is 0 Å². The second-order valence-electron chi connectivity index (χ2n) is 9.45. The minimum absolute atomic E-state index is 0.0262. The highest BCUT2D eigenvalue weighted by Crippen LogP contribution is 2.30. The van der Waals surface area contributed by atoms with E-state index in [0.29, 0.717) is 27.7 Å². The van der Waals surface area contributed by atoms with E-state index in [2.05, 4.69) is 5.32 Å². The van der Waals surface area contributed by atoms with Crippen molar-refractivity contribution in [2.24, 2.45) is 0 Å². The van der Waals surface area contributed by atoms with E-state index in [9.17, 15) is 18.0 Å². The van der Waals surface area contributed by atoms with Crippen LogP contribution in [0.1, 0.15) is 64.5 Å². The monoisotopic (exact) mass is 569 g/mol. The number of nitrogens with zero attached hydrogens (tertiary/aromatic N) is 2. The van der Waals surface area contributed by atoms with Crippen molar-refractivity contribution < 1.29 is 18.0 Å². The van der Waals surface area contributed by atoms with Gasteiger partial charge in [0.15, 0.2) is 0 Å². The summed E-state index contributed by atoms with van der Waals surface area (Å²) in [6, 6.07) is 11.2. The molecule has 0 heterocycles. The molecule has 0 saturated heterocycles. The third-order valence-corrected chi connectivity index (χ3v) is 8.12. The summed E-state index contributed by atoms with van der Waals surface area (Å²) in [7, 11) is -3.83. The maximum atomic E-state index is 13.9. The van der Waals surface area contributed by atoms with Gasteiger partial charge in [-0.05, 0) is 49.4 Å². The summed E-state index contributed by atoms with van der Waals surface area (Å²) in [4.78, 5) is 28.5. The maximum Gasteiger partial charge on any atom is 0.244 e. The first-order valence-electron chi connectivity index (χ1n) is 12.4. The third-order valence-electron chi connectivity index (χ3n) is 6.28. The highest BCUT2D eigenvalue weighted by atomic mass is 35.5. The molecule has 0 aliphatic carbocycles. The molecule has 0 unspecified atom stereocenters. The highest BCUT2D eigenvalue weighted by molar-refractivity contribution is 7.92. The van der Waals surface area contributed by atoms with Crippen LogP contribution in [0.25, 0.3) is 0 Å². The van der Waals surface area contributed by atoms with Crippen molar-refractivity contribution in [2.75, 3.05) is 17.1 Å². The number of rotatable bonds is 12. The number of carbonyl (C=O) groups is 2. The molecule has 0 radical (unpaired) electrons. The molecule has 2 aromatic carbocycles. The van der Waals surface area contributed by atoms with Crippen LogP contribution < -0.4 is 9.62 Å². The minimum atomic E-state index is -3.83. The third kappa shape index (κ3) is 8.09. The molecule has 10 heteroatoms. The molecule has 1 N–H and O–H groups in total. The first-order valence-corrected chi connectivity index (χ1v) is 15.0. The topological polar surface area (TPSA) is 86.8 Å². The Labute approximate surface area is 231 Å². The van der Waals surface area contributed by atoms with E-state index in [-0.39, 0.29) is 24.4 Å². The molecule has 0 aliphatic heterocycles. The molecule has 2 atom stereocenters. The molecule has 0 saturated carbocycles. The lowest BCUT2D eigenvalue weighted by atomic mass is 10.0. The van der Waals surface area contributed by atoms with Crippen LogP contribution in [-0.4, -0.2) is 50.0 Å². The number of hydrogen-bond acceptors (Lipinski definition) is 4. The molecule has 37 heavy (non-hydrogen) atoms. The van der Waals surface area contributed by atoms with E-state index in [1.165, 1.54) is 4.90 Å². The summed E-state index contributed by atoms with van der Waals surface area (Å²) in [6.45, 7) is 9.03. The molecule has 2 rings (SSSR count). The Kier molecular flexibility index (Phi) is 11.3. The lowest BCUT2D eigenvalue weighted by Crippen LogP contribution is -2.53. The summed E-state index contributed by atoms with van der Waals surface area (Å²) >= 11 is 12.8. The predicted molar refractivity (Wildman–Crippen MR) is 152 cm³/mol. The Hall–Kier alpha value is -2.29. The van der Waals surface area contributed by atoms with E-state index in [1.54, 1.807) is 37.3 Å². The average molecular weight is 571 g/mol. The second kappa shape index (κ2) is 13.5. The fraction of sp³-hybridized carbons (Fsp3) is 0.481. The maximum absolute atomic E-state index is 13.9. The van der Waals surface area contributed by atoms with Crippen molar-refractivity contribution in [3.8, 4) is 0 Å². The van der Waals surface area contributed by atoms with Crippen LogP contribution in [-0.2, 0) is 26.2 Å². The van der Waals surface area contributed by atoms with Crippen molar-refractivity contribution in [3.63, 3.8) is 0 Å². The van der Waals surface area contributed by atoms with Crippen molar-refractivity contribution in [1.82, 2.24) is 10.2 Å². The summed E-state index contributed by atoms with van der Waals surface area (Å²) < 4.78 is 26.9. The summed E-state index contributed by atoms with van der Waals surface area (Å²) in [5.41, 5.74) is 1.71. The number of amides is 2. The number of benzene rings is 2. The summed E-state index contributed by atoms with van der Waals surface area (Å²) in [6.07, 6.45) is 2.11. The smallest absolute Gasteiger partial charge is 0.244 e. The van der Waals surface area contributed by atoms with Gasteiger partial charge in [-0.25, -0.2) is 8.42 Å². The number of para-hydroxylation sites is 1. The molecule has 0 spiro atoms. The van der Waals surface area contributed by atoms with Crippen LogP contribution in [0.2, 0.25) is 10.0 Å². The van der Waals surface area contributed by atoms with Crippen molar-refractivity contribution in [1.29, 1.82) is 0 Å². The van der Waals surface area contributed by atoms with Gasteiger partial charge >= 0.3 is 0 Å². The Morgan fingerprint density at radius 2 is 1.54 bits per heavy atom. The van der Waals surface area contributed by atoms with Gasteiger partial charge in [0.05, 0.1) is 11.9 Å². The zero-order chi connectivity index (χ0) is 27.9. The quantitative estimate of drug-likeness (QED) is 0.360. The van der Waals surface area contributed by atoms with Crippen LogP contribution >= 0.6 is 23.2 Å². The van der Waals surface area contributed by atoms with E-state index in [4.69, 9.17) is 23.2 Å². The molecule has 0 fully saturated rings. The molecule has 2 amide bonds. The van der Waals surface area contributed by atoms with E-state index < -0.39 is 28.5 Å². The van der Waals surface area contributed by atoms with Gasteiger partial charge in [0.25, 0.3) is 0 Å². The molecular weight excluding hydrogens is 533 g/mol. The molecule has 2 aromatic rings. The second-order valence-corrected chi connectivity index (χ2v) is 12.2. The Morgan fingerprint density at radius 3 is 2.05 bits per heavy atom.